The van der Waals surface area contributed by atoms with Crippen molar-refractivity contribution in [3.8, 4) is 0 Å². The van der Waals surface area contributed by atoms with Crippen molar-refractivity contribution in [1.82, 2.24) is 10.2 Å². The van der Waals surface area contributed by atoms with Crippen molar-refractivity contribution in [3.63, 3.8) is 0 Å². The number of carbonyl (C=O) groups is 2. The minimum atomic E-state index is -0.557. The monoisotopic (exact) mass is 496 g/mol. The Kier molecular flexibility index (Phi) is 9.53. The standard InChI is InChI=1S/C33H40N2O2/c1-3-26-16-18-27(19-17-26)20-21-32(36)35(24-29-13-9-10-25(2)22-29)31(23-28-11-5-4-6-12-28)33(37)34-30-14-7-8-15-30/h4-6,9-13,16-19,22,30-31H,3,7-8,14-15,20-21,23-24H2,1-2H3,(H,34,37). The molecule has 0 spiro atoms. The lowest BCUT2D eigenvalue weighted by molar-refractivity contribution is -0.141. The molecule has 4 nitrogen and oxygen atoms in total. The molecule has 1 fully saturated rings. The second-order valence-corrected chi connectivity index (χ2v) is 10.4. The first-order valence-corrected chi connectivity index (χ1v) is 13.8. The van der Waals surface area contributed by atoms with Crippen LogP contribution >= 0.6 is 0 Å². The van der Waals surface area contributed by atoms with Gasteiger partial charge in [0.25, 0.3) is 0 Å². The number of nitrogens with zero attached hydrogens (tertiary/aromatic N) is 1. The molecule has 0 aliphatic heterocycles. The van der Waals surface area contributed by atoms with Crippen molar-refractivity contribution >= 4 is 11.8 Å². The fourth-order valence-electron chi connectivity index (χ4n) is 5.27. The van der Waals surface area contributed by atoms with Crippen LogP contribution in [0.5, 0.6) is 0 Å². The zero-order valence-electron chi connectivity index (χ0n) is 22.3. The van der Waals surface area contributed by atoms with Gasteiger partial charge in [0.2, 0.25) is 11.8 Å². The van der Waals surface area contributed by atoms with Gasteiger partial charge in [-0.3, -0.25) is 9.59 Å². The summed E-state index contributed by atoms with van der Waals surface area (Å²) in [4.78, 5) is 29.4. The van der Waals surface area contributed by atoms with E-state index in [1.54, 1.807) is 0 Å². The van der Waals surface area contributed by atoms with Gasteiger partial charge in [-0.05, 0) is 54.9 Å². The number of nitrogens with one attached hydrogen (secondary N) is 1. The lowest BCUT2D eigenvalue weighted by atomic mass is 10.0. The van der Waals surface area contributed by atoms with Gasteiger partial charge in [0.15, 0.2) is 0 Å². The van der Waals surface area contributed by atoms with Gasteiger partial charge in [-0.1, -0.05) is 104 Å². The first kappa shape index (κ1) is 26.7. The first-order valence-electron chi connectivity index (χ1n) is 13.8. The lowest BCUT2D eigenvalue weighted by Gasteiger charge is -2.32. The van der Waals surface area contributed by atoms with Gasteiger partial charge in [0.1, 0.15) is 6.04 Å². The second kappa shape index (κ2) is 13.2. The number of rotatable bonds is 11. The lowest BCUT2D eigenvalue weighted by Crippen LogP contribution is -2.52. The van der Waals surface area contributed by atoms with E-state index in [1.807, 2.05) is 47.4 Å². The summed E-state index contributed by atoms with van der Waals surface area (Å²) in [6.07, 6.45) is 6.87. The molecule has 1 atom stereocenters. The van der Waals surface area contributed by atoms with Crippen molar-refractivity contribution in [2.24, 2.45) is 0 Å². The van der Waals surface area contributed by atoms with E-state index in [-0.39, 0.29) is 17.9 Å². The van der Waals surface area contributed by atoms with Gasteiger partial charge in [0, 0.05) is 25.4 Å². The fraction of sp³-hybridized carbons (Fsp3) is 0.394. The molecule has 4 heteroatoms. The maximum absolute atomic E-state index is 13.8. The largest absolute Gasteiger partial charge is 0.352 e. The van der Waals surface area contributed by atoms with Crippen molar-refractivity contribution in [2.45, 2.75) is 83.8 Å². The van der Waals surface area contributed by atoms with Crippen LogP contribution in [0.1, 0.15) is 66.8 Å². The molecule has 0 heterocycles. The quantitative estimate of drug-likeness (QED) is 0.344. The van der Waals surface area contributed by atoms with Crippen LogP contribution in [-0.2, 0) is 35.4 Å². The summed E-state index contributed by atoms with van der Waals surface area (Å²) >= 11 is 0. The molecule has 1 aliphatic rings. The SMILES string of the molecule is CCc1ccc(CCC(=O)N(Cc2cccc(C)c2)C(Cc2ccccc2)C(=O)NC2CCCC2)cc1. The molecule has 3 aromatic carbocycles. The molecule has 1 N–H and O–H groups in total. The molecule has 1 aliphatic carbocycles. The molecule has 0 saturated heterocycles. The van der Waals surface area contributed by atoms with Crippen molar-refractivity contribution in [1.29, 1.82) is 0 Å². The predicted molar refractivity (Wildman–Crippen MR) is 150 cm³/mol. The zero-order valence-corrected chi connectivity index (χ0v) is 22.3. The van der Waals surface area contributed by atoms with Gasteiger partial charge in [-0.15, -0.1) is 0 Å². The van der Waals surface area contributed by atoms with E-state index >= 15 is 0 Å². The molecule has 1 unspecified atom stereocenters. The van der Waals surface area contributed by atoms with E-state index in [0.29, 0.717) is 25.8 Å². The fourth-order valence-corrected chi connectivity index (χ4v) is 5.27. The molecular formula is C33H40N2O2. The smallest absolute Gasteiger partial charge is 0.243 e. The van der Waals surface area contributed by atoms with Gasteiger partial charge < -0.3 is 10.2 Å². The Morgan fingerprint density at radius 3 is 2.22 bits per heavy atom. The van der Waals surface area contributed by atoms with Crippen LogP contribution in [-0.4, -0.2) is 28.8 Å². The maximum atomic E-state index is 13.8. The van der Waals surface area contributed by atoms with Crippen LogP contribution in [0.4, 0.5) is 0 Å². The molecule has 37 heavy (non-hydrogen) atoms. The third-order valence-corrected chi connectivity index (χ3v) is 7.47. The summed E-state index contributed by atoms with van der Waals surface area (Å²) in [6, 6.07) is 26.4. The number of hydrogen-bond donors (Lipinski definition) is 1. The highest BCUT2D eigenvalue weighted by Gasteiger charge is 2.32. The van der Waals surface area contributed by atoms with Gasteiger partial charge >= 0.3 is 0 Å². The maximum Gasteiger partial charge on any atom is 0.243 e. The molecule has 2 amide bonds. The molecule has 0 radical (unpaired) electrons. The molecule has 0 aromatic heterocycles. The van der Waals surface area contributed by atoms with Gasteiger partial charge in [-0.25, -0.2) is 0 Å². The van der Waals surface area contributed by atoms with Crippen LogP contribution in [0.25, 0.3) is 0 Å². The van der Waals surface area contributed by atoms with E-state index in [1.165, 1.54) is 5.56 Å². The van der Waals surface area contributed by atoms with Gasteiger partial charge in [-0.2, -0.15) is 0 Å². The van der Waals surface area contributed by atoms with Crippen LogP contribution in [0, 0.1) is 6.92 Å². The Bertz CT molecular complexity index is 1150. The Morgan fingerprint density at radius 2 is 1.54 bits per heavy atom. The topological polar surface area (TPSA) is 49.4 Å². The van der Waals surface area contributed by atoms with Crippen LogP contribution in [0.3, 0.4) is 0 Å². The Labute approximate surface area is 222 Å². The Hall–Kier alpha value is -3.40. The summed E-state index contributed by atoms with van der Waals surface area (Å²) in [6.45, 7) is 4.62. The van der Waals surface area contributed by atoms with E-state index in [0.717, 1.165) is 54.4 Å². The van der Waals surface area contributed by atoms with E-state index in [9.17, 15) is 9.59 Å². The zero-order chi connectivity index (χ0) is 26.0. The molecule has 0 bridgehead atoms. The Balaban J connectivity index is 1.59. The molecular weight excluding hydrogens is 456 g/mol. The number of hydrogen-bond acceptors (Lipinski definition) is 2. The van der Waals surface area contributed by atoms with Crippen molar-refractivity contribution in [3.05, 3.63) is 107 Å². The summed E-state index contributed by atoms with van der Waals surface area (Å²) in [5.41, 5.74) is 5.70. The molecule has 4 rings (SSSR count). The van der Waals surface area contributed by atoms with Gasteiger partial charge in [0.05, 0.1) is 0 Å². The van der Waals surface area contributed by atoms with Crippen molar-refractivity contribution < 1.29 is 9.59 Å². The highest BCUT2D eigenvalue weighted by Crippen LogP contribution is 2.21. The van der Waals surface area contributed by atoms with Crippen LogP contribution < -0.4 is 5.32 Å². The number of carbonyl (C=O) groups excluding carboxylic acids is 2. The number of amides is 2. The molecule has 1 saturated carbocycles. The van der Waals surface area contributed by atoms with Crippen LogP contribution in [0.2, 0.25) is 0 Å². The molecule has 3 aromatic rings. The highest BCUT2D eigenvalue weighted by atomic mass is 16.2. The normalized spacial score (nSPS) is 14.3. The number of benzene rings is 3. The summed E-state index contributed by atoms with van der Waals surface area (Å²) < 4.78 is 0. The predicted octanol–water partition coefficient (Wildman–Crippen LogP) is 6.19. The average molecular weight is 497 g/mol. The first-order chi connectivity index (χ1) is 18.0. The van der Waals surface area contributed by atoms with E-state index < -0.39 is 6.04 Å². The highest BCUT2D eigenvalue weighted by molar-refractivity contribution is 5.88. The van der Waals surface area contributed by atoms with Crippen LogP contribution in [0.15, 0.2) is 78.9 Å². The molecule has 194 valence electrons. The third-order valence-electron chi connectivity index (χ3n) is 7.47. The second-order valence-electron chi connectivity index (χ2n) is 10.4. The van der Waals surface area contributed by atoms with Crippen molar-refractivity contribution in [2.75, 3.05) is 0 Å². The summed E-state index contributed by atoms with van der Waals surface area (Å²) in [5, 5.41) is 3.29. The summed E-state index contributed by atoms with van der Waals surface area (Å²) in [5.74, 6) is -0.0207. The van der Waals surface area contributed by atoms with E-state index in [2.05, 4.69) is 55.6 Å². The minimum Gasteiger partial charge on any atom is -0.352 e. The number of aryl methyl sites for hydroxylation is 3. The summed E-state index contributed by atoms with van der Waals surface area (Å²) in [7, 11) is 0. The minimum absolute atomic E-state index is 0.0172. The average Bonchev–Trinajstić information content (AvgIpc) is 3.43. The van der Waals surface area contributed by atoms with E-state index in [4.69, 9.17) is 0 Å². The Morgan fingerprint density at radius 1 is 0.865 bits per heavy atom. The third kappa shape index (κ3) is 7.79.